The Morgan fingerprint density at radius 1 is 1.32 bits per heavy atom. The Labute approximate surface area is 126 Å². The van der Waals surface area contributed by atoms with Crippen LogP contribution in [0.15, 0.2) is 28.8 Å². The largest absolute Gasteiger partial charge is 0.482 e. The first-order valence-corrected chi connectivity index (χ1v) is 6.61. The fourth-order valence-corrected chi connectivity index (χ4v) is 1.87. The fourth-order valence-electron chi connectivity index (χ4n) is 1.87. The van der Waals surface area contributed by atoms with Crippen LogP contribution in [0.2, 0.25) is 0 Å². The summed E-state index contributed by atoms with van der Waals surface area (Å²) < 4.78 is 9.98. The zero-order valence-corrected chi connectivity index (χ0v) is 12.3. The molecule has 116 valence electrons. The van der Waals surface area contributed by atoms with Crippen molar-refractivity contribution >= 4 is 17.6 Å². The van der Waals surface area contributed by atoms with Crippen LogP contribution in [0.25, 0.3) is 0 Å². The zero-order chi connectivity index (χ0) is 16.1. The fraction of sp³-hybridized carbons (Fsp3) is 0.267. The van der Waals surface area contributed by atoms with Crippen LogP contribution < -0.4 is 10.1 Å². The van der Waals surface area contributed by atoms with Crippen LogP contribution in [0.4, 0.5) is 5.69 Å². The minimum absolute atomic E-state index is 0.119. The molecule has 2 rings (SSSR count). The summed E-state index contributed by atoms with van der Waals surface area (Å²) >= 11 is 0. The lowest BCUT2D eigenvalue weighted by molar-refractivity contribution is -0.139. The van der Waals surface area contributed by atoms with Gasteiger partial charge in [-0.25, -0.2) is 4.79 Å². The molecule has 0 radical (unpaired) electrons. The number of benzene rings is 1. The van der Waals surface area contributed by atoms with Gasteiger partial charge in [0.05, 0.1) is 12.1 Å². The summed E-state index contributed by atoms with van der Waals surface area (Å²) in [6, 6.07) is 6.64. The van der Waals surface area contributed by atoms with E-state index in [1.165, 1.54) is 0 Å². The van der Waals surface area contributed by atoms with Gasteiger partial charge >= 0.3 is 5.97 Å². The number of rotatable bonds is 6. The highest BCUT2D eigenvalue weighted by molar-refractivity contribution is 5.92. The molecule has 1 amide bonds. The summed E-state index contributed by atoms with van der Waals surface area (Å²) in [5, 5.41) is 15.1. The van der Waals surface area contributed by atoms with E-state index in [9.17, 15) is 9.59 Å². The van der Waals surface area contributed by atoms with E-state index >= 15 is 0 Å². The first-order chi connectivity index (χ1) is 10.4. The average molecular weight is 304 g/mol. The number of carboxylic acids is 1. The lowest BCUT2D eigenvalue weighted by Gasteiger charge is -2.10. The molecule has 1 heterocycles. The maximum absolute atomic E-state index is 11.9. The van der Waals surface area contributed by atoms with Crippen LogP contribution in [0.3, 0.4) is 0 Å². The summed E-state index contributed by atoms with van der Waals surface area (Å²) in [6.07, 6.45) is 0.119. The molecule has 2 aromatic rings. The Balaban J connectivity index is 1.97. The molecule has 0 bridgehead atoms. The standard InChI is InChI=1S/C15H16N2O5/c1-9-5-12(21-8-15(19)20)3-4-13(9)16-14(18)7-11-6-10(2)22-17-11/h3-6H,7-8H2,1-2H3,(H,16,18)(H,19,20). The monoisotopic (exact) mass is 304 g/mol. The SMILES string of the molecule is Cc1cc(CC(=O)Nc2ccc(OCC(=O)O)cc2C)no1. The van der Waals surface area contributed by atoms with Crippen molar-refractivity contribution in [3.8, 4) is 5.75 Å². The third kappa shape index (κ3) is 4.34. The van der Waals surface area contributed by atoms with Crippen molar-refractivity contribution < 1.29 is 24.0 Å². The summed E-state index contributed by atoms with van der Waals surface area (Å²) in [4.78, 5) is 22.4. The summed E-state index contributed by atoms with van der Waals surface area (Å²) in [7, 11) is 0. The number of nitrogens with one attached hydrogen (secondary N) is 1. The molecule has 0 saturated heterocycles. The smallest absolute Gasteiger partial charge is 0.341 e. The van der Waals surface area contributed by atoms with Gasteiger partial charge in [-0.1, -0.05) is 5.16 Å². The number of hydrogen-bond donors (Lipinski definition) is 2. The normalized spacial score (nSPS) is 10.3. The third-order valence-corrected chi connectivity index (χ3v) is 2.85. The van der Waals surface area contributed by atoms with Crippen LogP contribution in [-0.4, -0.2) is 28.7 Å². The van der Waals surface area contributed by atoms with Gasteiger partial charge in [0.25, 0.3) is 0 Å². The van der Waals surface area contributed by atoms with E-state index in [0.717, 1.165) is 5.56 Å². The van der Waals surface area contributed by atoms with Crippen molar-refractivity contribution in [2.75, 3.05) is 11.9 Å². The molecule has 0 fully saturated rings. The average Bonchev–Trinajstić information content (AvgIpc) is 2.84. The minimum Gasteiger partial charge on any atom is -0.482 e. The predicted octanol–water partition coefficient (Wildman–Crippen LogP) is 1.94. The second-order valence-electron chi connectivity index (χ2n) is 4.81. The highest BCUT2D eigenvalue weighted by atomic mass is 16.5. The van der Waals surface area contributed by atoms with E-state index < -0.39 is 12.6 Å². The van der Waals surface area contributed by atoms with Crippen molar-refractivity contribution in [1.82, 2.24) is 5.16 Å². The van der Waals surface area contributed by atoms with E-state index in [4.69, 9.17) is 14.4 Å². The Kier molecular flexibility index (Phi) is 4.77. The lowest BCUT2D eigenvalue weighted by atomic mass is 10.2. The number of aryl methyl sites for hydroxylation is 2. The zero-order valence-electron chi connectivity index (χ0n) is 12.3. The molecule has 2 N–H and O–H groups in total. The van der Waals surface area contributed by atoms with Gasteiger partial charge in [-0.15, -0.1) is 0 Å². The molecule has 0 atom stereocenters. The molecule has 0 unspecified atom stereocenters. The van der Waals surface area contributed by atoms with Gasteiger partial charge in [0.1, 0.15) is 11.5 Å². The number of carboxylic acid groups (broad SMARTS) is 1. The number of carbonyl (C=O) groups excluding carboxylic acids is 1. The van der Waals surface area contributed by atoms with Gasteiger partial charge < -0.3 is 19.7 Å². The van der Waals surface area contributed by atoms with Gasteiger partial charge in [-0.05, 0) is 37.6 Å². The van der Waals surface area contributed by atoms with Gasteiger partial charge in [0, 0.05) is 11.8 Å². The number of hydrogen-bond acceptors (Lipinski definition) is 5. The quantitative estimate of drug-likeness (QED) is 0.845. The molecule has 1 aromatic heterocycles. The Bertz CT molecular complexity index is 693. The molecule has 7 heteroatoms. The van der Waals surface area contributed by atoms with Crippen molar-refractivity contribution in [2.24, 2.45) is 0 Å². The topological polar surface area (TPSA) is 102 Å². The lowest BCUT2D eigenvalue weighted by Crippen LogP contribution is -2.15. The molecule has 7 nitrogen and oxygen atoms in total. The molecular formula is C15H16N2O5. The highest BCUT2D eigenvalue weighted by Gasteiger charge is 2.10. The molecule has 22 heavy (non-hydrogen) atoms. The van der Waals surface area contributed by atoms with Crippen LogP contribution in [0.1, 0.15) is 17.0 Å². The van der Waals surface area contributed by atoms with Gasteiger partial charge in [0.2, 0.25) is 5.91 Å². The molecule has 0 aliphatic rings. The third-order valence-electron chi connectivity index (χ3n) is 2.85. The molecule has 0 aliphatic carbocycles. The maximum Gasteiger partial charge on any atom is 0.341 e. The van der Waals surface area contributed by atoms with Crippen molar-refractivity contribution in [2.45, 2.75) is 20.3 Å². The first-order valence-electron chi connectivity index (χ1n) is 6.61. The molecule has 0 aliphatic heterocycles. The van der Waals surface area contributed by atoms with Crippen molar-refractivity contribution in [1.29, 1.82) is 0 Å². The number of aromatic nitrogens is 1. The second-order valence-corrected chi connectivity index (χ2v) is 4.81. The number of nitrogens with zero attached hydrogens (tertiary/aromatic N) is 1. The first kappa shape index (κ1) is 15.6. The Morgan fingerprint density at radius 3 is 2.68 bits per heavy atom. The van der Waals surface area contributed by atoms with Gasteiger partial charge in [-0.3, -0.25) is 4.79 Å². The van der Waals surface area contributed by atoms with E-state index in [2.05, 4.69) is 10.5 Å². The van der Waals surface area contributed by atoms with Crippen LogP contribution in [-0.2, 0) is 16.0 Å². The highest BCUT2D eigenvalue weighted by Crippen LogP contribution is 2.21. The molecule has 0 spiro atoms. The summed E-state index contributed by atoms with van der Waals surface area (Å²) in [5.74, 6) is -0.169. The maximum atomic E-state index is 11.9. The Morgan fingerprint density at radius 2 is 2.09 bits per heavy atom. The van der Waals surface area contributed by atoms with Crippen LogP contribution in [0.5, 0.6) is 5.75 Å². The summed E-state index contributed by atoms with van der Waals surface area (Å²) in [5.41, 5.74) is 1.97. The minimum atomic E-state index is -1.04. The Hall–Kier alpha value is -2.83. The summed E-state index contributed by atoms with van der Waals surface area (Å²) in [6.45, 7) is 3.15. The van der Waals surface area contributed by atoms with E-state index in [1.54, 1.807) is 38.1 Å². The van der Waals surface area contributed by atoms with Gasteiger partial charge in [0.15, 0.2) is 6.61 Å². The molecule has 0 saturated carbocycles. The van der Waals surface area contributed by atoms with Crippen LogP contribution in [0, 0.1) is 13.8 Å². The number of ether oxygens (including phenoxy) is 1. The van der Waals surface area contributed by atoms with E-state index in [1.807, 2.05) is 0 Å². The molecular weight excluding hydrogens is 288 g/mol. The van der Waals surface area contributed by atoms with Crippen LogP contribution >= 0.6 is 0 Å². The number of aliphatic carboxylic acids is 1. The van der Waals surface area contributed by atoms with E-state index in [0.29, 0.717) is 22.9 Å². The van der Waals surface area contributed by atoms with Gasteiger partial charge in [-0.2, -0.15) is 0 Å². The number of anilines is 1. The number of carbonyl (C=O) groups is 2. The second kappa shape index (κ2) is 6.75. The predicted molar refractivity (Wildman–Crippen MR) is 77.9 cm³/mol. The van der Waals surface area contributed by atoms with E-state index in [-0.39, 0.29) is 12.3 Å². The van der Waals surface area contributed by atoms with Crippen molar-refractivity contribution in [3.63, 3.8) is 0 Å². The molecule has 1 aromatic carbocycles. The number of amides is 1. The van der Waals surface area contributed by atoms with Crippen molar-refractivity contribution in [3.05, 3.63) is 41.3 Å².